The summed E-state index contributed by atoms with van der Waals surface area (Å²) in [5.74, 6) is 2.36. The van der Waals surface area contributed by atoms with Crippen LogP contribution in [0.2, 0.25) is 0 Å². The third-order valence-electron chi connectivity index (χ3n) is 3.93. The summed E-state index contributed by atoms with van der Waals surface area (Å²) in [6, 6.07) is 8.94. The Bertz CT molecular complexity index is 997. The first-order valence-corrected chi connectivity index (χ1v) is 8.53. The number of nitrogens with zero attached hydrogens (tertiary/aromatic N) is 1. The van der Waals surface area contributed by atoms with Gasteiger partial charge in [0.1, 0.15) is 35.0 Å². The molecule has 27 heavy (non-hydrogen) atoms. The highest BCUT2D eigenvalue weighted by Crippen LogP contribution is 2.30. The summed E-state index contributed by atoms with van der Waals surface area (Å²) >= 11 is 0. The number of nitrogens with one attached hydrogen (secondary N) is 1. The second-order valence-corrected chi connectivity index (χ2v) is 6.18. The number of aromatic amines is 1. The molecule has 2 aromatic carbocycles. The topological polar surface area (TPSA) is 82.7 Å². The summed E-state index contributed by atoms with van der Waals surface area (Å²) < 4.78 is 22.3. The van der Waals surface area contributed by atoms with E-state index < -0.39 is 0 Å². The van der Waals surface area contributed by atoms with Gasteiger partial charge in [-0.2, -0.15) is 0 Å². The molecule has 7 nitrogen and oxygen atoms in total. The van der Waals surface area contributed by atoms with Gasteiger partial charge in [0, 0.05) is 23.8 Å². The number of H-pyrrole nitrogens is 1. The van der Waals surface area contributed by atoms with Gasteiger partial charge in [0.05, 0.1) is 32.2 Å². The minimum absolute atomic E-state index is 0.0928. The Morgan fingerprint density at radius 1 is 1.04 bits per heavy atom. The molecule has 0 radical (unpaired) electrons. The van der Waals surface area contributed by atoms with Gasteiger partial charge in [0.15, 0.2) is 0 Å². The van der Waals surface area contributed by atoms with Crippen molar-refractivity contribution >= 4 is 10.9 Å². The molecule has 0 atom stereocenters. The molecule has 0 aliphatic heterocycles. The summed E-state index contributed by atoms with van der Waals surface area (Å²) in [6.45, 7) is 4.07. The first-order chi connectivity index (χ1) is 13.0. The van der Waals surface area contributed by atoms with Crippen LogP contribution in [0.3, 0.4) is 0 Å². The molecule has 3 aromatic rings. The first kappa shape index (κ1) is 18.6. The minimum atomic E-state index is -0.251. The van der Waals surface area contributed by atoms with Gasteiger partial charge < -0.3 is 23.9 Å². The maximum atomic E-state index is 12.2. The molecule has 0 bridgehead atoms. The van der Waals surface area contributed by atoms with Gasteiger partial charge in [-0.1, -0.05) is 0 Å². The Kier molecular flexibility index (Phi) is 5.49. The minimum Gasteiger partial charge on any atom is -0.497 e. The average Bonchev–Trinajstić information content (AvgIpc) is 2.65. The lowest BCUT2D eigenvalue weighted by Gasteiger charge is -2.15. The standard InChI is InChI=1S/C20H22N2O5/c1-12(2)27-18-9-15(7-16-19(18)20(23)22-11-21-16)26-10-13-5-6-14(24-3)8-17(13)25-4/h5-9,11-12H,10H2,1-4H3,(H,21,22,23). The van der Waals surface area contributed by atoms with Crippen molar-refractivity contribution in [3.8, 4) is 23.0 Å². The quantitative estimate of drug-likeness (QED) is 0.687. The predicted octanol–water partition coefficient (Wildman–Crippen LogP) is 3.31. The van der Waals surface area contributed by atoms with Gasteiger partial charge in [0.2, 0.25) is 0 Å². The van der Waals surface area contributed by atoms with Gasteiger partial charge in [0.25, 0.3) is 5.56 Å². The van der Waals surface area contributed by atoms with Crippen molar-refractivity contribution in [3.05, 3.63) is 52.6 Å². The number of hydrogen-bond acceptors (Lipinski definition) is 6. The molecule has 1 heterocycles. The molecule has 1 aromatic heterocycles. The number of methoxy groups -OCH3 is 2. The van der Waals surface area contributed by atoms with Gasteiger partial charge in [-0.05, 0) is 26.0 Å². The SMILES string of the molecule is COc1ccc(COc2cc(OC(C)C)c3c(=O)[nH]cnc3c2)c(OC)c1. The van der Waals surface area contributed by atoms with E-state index in [4.69, 9.17) is 18.9 Å². The van der Waals surface area contributed by atoms with Crippen LogP contribution in [0, 0.1) is 0 Å². The molecule has 0 amide bonds. The molecular weight excluding hydrogens is 348 g/mol. The molecule has 1 N–H and O–H groups in total. The third kappa shape index (κ3) is 4.13. The molecule has 0 unspecified atom stereocenters. The number of ether oxygens (including phenoxy) is 4. The molecule has 0 saturated carbocycles. The number of hydrogen-bond donors (Lipinski definition) is 1. The van der Waals surface area contributed by atoms with E-state index in [0.717, 1.165) is 5.56 Å². The van der Waals surface area contributed by atoms with Crippen LogP contribution in [-0.2, 0) is 6.61 Å². The molecule has 3 rings (SSSR count). The average molecular weight is 370 g/mol. The van der Waals surface area contributed by atoms with E-state index in [2.05, 4.69) is 9.97 Å². The van der Waals surface area contributed by atoms with Crippen LogP contribution in [0.25, 0.3) is 10.9 Å². The summed E-state index contributed by atoms with van der Waals surface area (Å²) in [7, 11) is 3.20. The van der Waals surface area contributed by atoms with E-state index in [-0.39, 0.29) is 18.3 Å². The van der Waals surface area contributed by atoms with Crippen molar-refractivity contribution in [2.24, 2.45) is 0 Å². The zero-order valence-electron chi connectivity index (χ0n) is 15.7. The summed E-state index contributed by atoms with van der Waals surface area (Å²) in [5, 5.41) is 0.403. The molecule has 0 aliphatic carbocycles. The fourth-order valence-corrected chi connectivity index (χ4v) is 2.70. The summed E-state index contributed by atoms with van der Waals surface area (Å²) in [6.07, 6.45) is 1.27. The normalized spacial score (nSPS) is 10.9. The second-order valence-electron chi connectivity index (χ2n) is 6.18. The van der Waals surface area contributed by atoms with Crippen molar-refractivity contribution in [1.82, 2.24) is 9.97 Å². The lowest BCUT2D eigenvalue weighted by Crippen LogP contribution is -2.12. The van der Waals surface area contributed by atoms with Crippen molar-refractivity contribution in [1.29, 1.82) is 0 Å². The van der Waals surface area contributed by atoms with Crippen LogP contribution in [0.15, 0.2) is 41.5 Å². The highest BCUT2D eigenvalue weighted by Gasteiger charge is 2.13. The summed E-state index contributed by atoms with van der Waals surface area (Å²) in [4.78, 5) is 19.0. The van der Waals surface area contributed by atoms with E-state index in [0.29, 0.717) is 33.9 Å². The zero-order valence-corrected chi connectivity index (χ0v) is 15.7. The van der Waals surface area contributed by atoms with Crippen LogP contribution < -0.4 is 24.5 Å². The van der Waals surface area contributed by atoms with Crippen molar-refractivity contribution in [2.75, 3.05) is 14.2 Å². The fraction of sp³-hybridized carbons (Fsp3) is 0.300. The fourth-order valence-electron chi connectivity index (χ4n) is 2.70. The maximum Gasteiger partial charge on any atom is 0.262 e. The molecule has 0 saturated heterocycles. The Hall–Kier alpha value is -3.22. The van der Waals surface area contributed by atoms with Gasteiger partial charge in [-0.15, -0.1) is 0 Å². The Balaban J connectivity index is 1.92. The molecule has 0 fully saturated rings. The molecular formula is C20H22N2O5. The Morgan fingerprint density at radius 2 is 1.81 bits per heavy atom. The van der Waals surface area contributed by atoms with Crippen molar-refractivity contribution in [3.63, 3.8) is 0 Å². The van der Waals surface area contributed by atoms with Crippen LogP contribution in [0.4, 0.5) is 0 Å². The number of benzene rings is 2. The van der Waals surface area contributed by atoms with Crippen LogP contribution in [0.5, 0.6) is 23.0 Å². The Morgan fingerprint density at radius 3 is 2.52 bits per heavy atom. The van der Waals surface area contributed by atoms with Crippen molar-refractivity contribution in [2.45, 2.75) is 26.6 Å². The zero-order chi connectivity index (χ0) is 19.4. The molecule has 142 valence electrons. The largest absolute Gasteiger partial charge is 0.497 e. The van der Waals surface area contributed by atoms with Gasteiger partial charge in [-0.25, -0.2) is 4.98 Å². The van der Waals surface area contributed by atoms with E-state index >= 15 is 0 Å². The molecule has 0 aliphatic rings. The van der Waals surface area contributed by atoms with E-state index in [1.165, 1.54) is 6.33 Å². The number of fused-ring (bicyclic) bond motifs is 1. The third-order valence-corrected chi connectivity index (χ3v) is 3.93. The second kappa shape index (κ2) is 7.99. The molecule has 0 spiro atoms. The summed E-state index contributed by atoms with van der Waals surface area (Å²) in [5.41, 5.74) is 1.12. The van der Waals surface area contributed by atoms with Crippen molar-refractivity contribution < 1.29 is 18.9 Å². The van der Waals surface area contributed by atoms with E-state index in [1.54, 1.807) is 32.4 Å². The lowest BCUT2D eigenvalue weighted by molar-refractivity contribution is 0.242. The van der Waals surface area contributed by atoms with E-state index in [9.17, 15) is 4.79 Å². The number of aromatic nitrogens is 2. The van der Waals surface area contributed by atoms with Gasteiger partial charge in [-0.3, -0.25) is 4.79 Å². The Labute approximate surface area is 156 Å². The highest BCUT2D eigenvalue weighted by molar-refractivity contribution is 5.85. The smallest absolute Gasteiger partial charge is 0.262 e. The maximum absolute atomic E-state index is 12.2. The highest BCUT2D eigenvalue weighted by atomic mass is 16.5. The monoisotopic (exact) mass is 370 g/mol. The lowest BCUT2D eigenvalue weighted by atomic mass is 10.2. The van der Waals surface area contributed by atoms with Gasteiger partial charge >= 0.3 is 0 Å². The van der Waals surface area contributed by atoms with E-state index in [1.807, 2.05) is 26.0 Å². The number of rotatable bonds is 7. The van der Waals surface area contributed by atoms with Crippen LogP contribution >= 0.6 is 0 Å². The van der Waals surface area contributed by atoms with Crippen LogP contribution in [0.1, 0.15) is 19.4 Å². The first-order valence-electron chi connectivity index (χ1n) is 8.53. The van der Waals surface area contributed by atoms with Crippen LogP contribution in [-0.4, -0.2) is 30.3 Å². The molecule has 7 heteroatoms. The predicted molar refractivity (Wildman–Crippen MR) is 102 cm³/mol.